The van der Waals surface area contributed by atoms with Crippen LogP contribution < -0.4 is 10.1 Å². The SMILES string of the molecule is CC(C)(C)OC(=O)N[C@](C)(CCc1ccc(OCCCc2ccc(C(F)(F)F)cc2)c(C(F)(F)F)c1)COP(=O)(OC(C)(C)C)OC(C)(C)C. The summed E-state index contributed by atoms with van der Waals surface area (Å²) < 4.78 is 123. The van der Waals surface area contributed by atoms with Crippen LogP contribution in [0.4, 0.5) is 31.1 Å². The van der Waals surface area contributed by atoms with Gasteiger partial charge in [0, 0.05) is 0 Å². The number of rotatable bonds is 14. The fraction of sp³-hybridized carbons (Fsp3) is 0.629. The van der Waals surface area contributed by atoms with Crippen molar-refractivity contribution < 1.29 is 58.7 Å². The second-order valence-electron chi connectivity index (χ2n) is 15.3. The van der Waals surface area contributed by atoms with Crippen molar-refractivity contribution >= 4 is 13.9 Å². The van der Waals surface area contributed by atoms with Crippen LogP contribution in [0, 0.1) is 0 Å². The summed E-state index contributed by atoms with van der Waals surface area (Å²) in [5.74, 6) is -0.397. The van der Waals surface area contributed by atoms with Crippen molar-refractivity contribution in [2.75, 3.05) is 13.2 Å². The first kappa shape index (κ1) is 43.4. The molecule has 0 spiro atoms. The number of alkyl halides is 6. The quantitative estimate of drug-likeness (QED) is 0.117. The normalized spacial score (nSPS) is 14.6. The maximum absolute atomic E-state index is 14.1. The first-order chi connectivity index (χ1) is 22.5. The largest absolute Gasteiger partial charge is 0.493 e. The predicted octanol–water partition coefficient (Wildman–Crippen LogP) is 10.7. The molecule has 1 amide bonds. The number of carbonyl (C=O) groups is 1. The van der Waals surface area contributed by atoms with E-state index >= 15 is 0 Å². The summed E-state index contributed by atoms with van der Waals surface area (Å²) >= 11 is 0. The highest BCUT2D eigenvalue weighted by atomic mass is 31.2. The number of alkyl carbamates (subject to hydrolysis) is 1. The van der Waals surface area contributed by atoms with Gasteiger partial charge >= 0.3 is 26.3 Å². The molecule has 0 unspecified atom stereocenters. The Labute approximate surface area is 291 Å². The number of phosphoric ester groups is 1. The molecular weight excluding hydrogens is 691 g/mol. The predicted molar refractivity (Wildman–Crippen MR) is 178 cm³/mol. The minimum Gasteiger partial charge on any atom is -0.493 e. The number of ether oxygens (including phenoxy) is 2. The molecular formula is C35H50F6NO7P. The van der Waals surface area contributed by atoms with E-state index in [0.29, 0.717) is 12.0 Å². The standard InChI is InChI=1S/C35H50F6NO7P/c1-30(2,3)47-29(43)42-33(10,23-46-50(44,48-31(4,5)6)49-32(7,8)9)20-19-25-15-18-28(27(22-25)35(39,40)41)45-21-11-12-24-13-16-26(17-14-24)34(36,37)38/h13-18,22H,11-12,19-21,23H2,1-10H3,(H,42,43)/t33-/m1/s1. The molecule has 0 saturated carbocycles. The molecule has 0 radical (unpaired) electrons. The van der Waals surface area contributed by atoms with E-state index < -0.39 is 72.1 Å². The highest BCUT2D eigenvalue weighted by molar-refractivity contribution is 7.48. The molecule has 2 aromatic carbocycles. The van der Waals surface area contributed by atoms with Gasteiger partial charge in [-0.15, -0.1) is 0 Å². The first-order valence-corrected chi connectivity index (χ1v) is 17.6. The van der Waals surface area contributed by atoms with E-state index in [9.17, 15) is 35.7 Å². The van der Waals surface area contributed by atoms with E-state index in [1.165, 1.54) is 24.3 Å². The summed E-state index contributed by atoms with van der Waals surface area (Å²) in [6.07, 6.45) is -9.42. The van der Waals surface area contributed by atoms with Gasteiger partial charge in [-0.3, -0.25) is 13.6 Å². The molecule has 284 valence electrons. The summed E-state index contributed by atoms with van der Waals surface area (Å²) in [5.41, 5.74) is -4.98. The van der Waals surface area contributed by atoms with Crippen molar-refractivity contribution in [1.82, 2.24) is 5.32 Å². The molecule has 0 aliphatic carbocycles. The van der Waals surface area contributed by atoms with Crippen LogP contribution in [0.1, 0.15) is 104 Å². The smallest absolute Gasteiger partial charge is 0.475 e. The summed E-state index contributed by atoms with van der Waals surface area (Å²) in [5, 5.41) is 2.71. The number of amides is 1. The highest BCUT2D eigenvalue weighted by Crippen LogP contribution is 2.56. The van der Waals surface area contributed by atoms with Gasteiger partial charge < -0.3 is 14.8 Å². The Bertz CT molecular complexity index is 1440. The van der Waals surface area contributed by atoms with Gasteiger partial charge in [-0.1, -0.05) is 18.2 Å². The van der Waals surface area contributed by atoms with E-state index in [4.69, 9.17) is 23.0 Å². The number of carbonyl (C=O) groups excluding carboxylic acids is 1. The Morgan fingerprint density at radius 2 is 1.26 bits per heavy atom. The van der Waals surface area contributed by atoms with Gasteiger partial charge in [0.15, 0.2) is 0 Å². The van der Waals surface area contributed by atoms with E-state index in [2.05, 4.69) is 5.32 Å². The summed E-state index contributed by atoms with van der Waals surface area (Å²) in [6, 6.07) is 8.17. The van der Waals surface area contributed by atoms with Crippen LogP contribution in [0.15, 0.2) is 42.5 Å². The maximum Gasteiger partial charge on any atom is 0.475 e. The van der Waals surface area contributed by atoms with Crippen molar-refractivity contribution in [3.8, 4) is 5.75 Å². The summed E-state index contributed by atoms with van der Waals surface area (Å²) in [7, 11) is -4.22. The summed E-state index contributed by atoms with van der Waals surface area (Å²) in [4.78, 5) is 12.8. The van der Waals surface area contributed by atoms with Gasteiger partial charge in [0.05, 0.1) is 41.1 Å². The van der Waals surface area contributed by atoms with Crippen molar-refractivity contribution in [1.29, 1.82) is 0 Å². The average Bonchev–Trinajstić information content (AvgIpc) is 2.90. The third kappa shape index (κ3) is 16.0. The van der Waals surface area contributed by atoms with Crippen LogP contribution in [0.2, 0.25) is 0 Å². The molecule has 0 aliphatic rings. The van der Waals surface area contributed by atoms with Crippen LogP contribution >= 0.6 is 7.82 Å². The minimum atomic E-state index is -4.76. The number of benzene rings is 2. The number of aryl methyl sites for hydroxylation is 2. The topological polar surface area (TPSA) is 92.3 Å². The van der Waals surface area contributed by atoms with Gasteiger partial charge in [0.2, 0.25) is 0 Å². The molecule has 1 atom stereocenters. The molecule has 0 aliphatic heterocycles. The zero-order valence-corrected chi connectivity index (χ0v) is 31.3. The van der Waals surface area contributed by atoms with Crippen molar-refractivity contribution in [3.05, 3.63) is 64.7 Å². The fourth-order valence-corrected chi connectivity index (χ4v) is 6.43. The lowest BCUT2D eigenvalue weighted by atomic mass is 9.93. The van der Waals surface area contributed by atoms with Crippen LogP contribution in [0.25, 0.3) is 0 Å². The Balaban J connectivity index is 2.24. The molecule has 2 rings (SSSR count). The molecule has 15 heteroatoms. The second-order valence-corrected chi connectivity index (χ2v) is 16.8. The van der Waals surface area contributed by atoms with Gasteiger partial charge in [0.1, 0.15) is 11.4 Å². The molecule has 2 aromatic rings. The summed E-state index contributed by atoms with van der Waals surface area (Å²) in [6.45, 7) is 16.1. The number of halogens is 6. The minimum absolute atomic E-state index is 0.0253. The molecule has 50 heavy (non-hydrogen) atoms. The third-order valence-electron chi connectivity index (χ3n) is 6.58. The molecule has 0 fully saturated rings. The Kier molecular flexibility index (Phi) is 14.1. The van der Waals surface area contributed by atoms with Gasteiger partial charge in [-0.2, -0.15) is 26.3 Å². The molecule has 8 nitrogen and oxygen atoms in total. The van der Waals surface area contributed by atoms with Gasteiger partial charge in [-0.25, -0.2) is 9.36 Å². The Hall–Kier alpha value is -2.80. The number of hydrogen-bond acceptors (Lipinski definition) is 7. The van der Waals surface area contributed by atoms with E-state index in [-0.39, 0.29) is 31.4 Å². The van der Waals surface area contributed by atoms with E-state index in [1.54, 1.807) is 69.2 Å². The monoisotopic (exact) mass is 741 g/mol. The highest BCUT2D eigenvalue weighted by Gasteiger charge is 2.41. The van der Waals surface area contributed by atoms with Crippen LogP contribution in [0.5, 0.6) is 5.75 Å². The number of nitrogens with one attached hydrogen (secondary N) is 1. The van der Waals surface area contributed by atoms with Crippen LogP contribution in [-0.4, -0.2) is 41.6 Å². The molecule has 0 aromatic heterocycles. The fourth-order valence-electron chi connectivity index (χ4n) is 4.50. The average molecular weight is 742 g/mol. The molecule has 1 N–H and O–H groups in total. The van der Waals surface area contributed by atoms with Gasteiger partial charge in [-0.05, 0) is 130 Å². The van der Waals surface area contributed by atoms with Crippen molar-refractivity contribution in [3.63, 3.8) is 0 Å². The number of phosphoric acid groups is 1. The second kappa shape index (κ2) is 16.3. The van der Waals surface area contributed by atoms with E-state index in [0.717, 1.165) is 18.2 Å². The lowest BCUT2D eigenvalue weighted by Crippen LogP contribution is -2.51. The third-order valence-corrected chi connectivity index (χ3v) is 8.57. The van der Waals surface area contributed by atoms with Crippen LogP contribution in [0.3, 0.4) is 0 Å². The molecule has 0 saturated heterocycles. The zero-order chi connectivity index (χ0) is 38.4. The lowest BCUT2D eigenvalue weighted by molar-refractivity contribution is -0.139. The Morgan fingerprint density at radius 3 is 1.74 bits per heavy atom. The van der Waals surface area contributed by atoms with Gasteiger partial charge in [0.25, 0.3) is 0 Å². The molecule has 0 heterocycles. The zero-order valence-electron chi connectivity index (χ0n) is 30.4. The maximum atomic E-state index is 14.1. The first-order valence-electron chi connectivity index (χ1n) is 16.1. The lowest BCUT2D eigenvalue weighted by Gasteiger charge is -2.35. The van der Waals surface area contributed by atoms with E-state index in [1.807, 2.05) is 0 Å². The molecule has 0 bridgehead atoms. The number of hydrogen-bond donors (Lipinski definition) is 1. The van der Waals surface area contributed by atoms with Crippen LogP contribution in [-0.2, 0) is 48.1 Å². The van der Waals surface area contributed by atoms with Crippen molar-refractivity contribution in [2.45, 2.75) is 130 Å². The van der Waals surface area contributed by atoms with Crippen molar-refractivity contribution in [2.24, 2.45) is 0 Å². The Morgan fingerprint density at radius 1 is 0.720 bits per heavy atom.